The smallest absolute Gasteiger partial charge is 0.255 e. The molecule has 6 nitrogen and oxygen atoms in total. The molecular formula is C18H24Cl2N4O2S. The molecule has 0 atom stereocenters. The standard InChI is InChI=1S/C18H24Cl2N4O2S/c1-4-24(5-2)7-6-21-17(25)13-8-14(19)15(9-16(13)26-3)22-10-12-11-23-18(20)27-12/h8-9,11,22H,4-7,10H2,1-3H3,(H,21,25). The number of carbonyl (C=O) groups excluding carboxylic acids is 1. The first-order valence-corrected chi connectivity index (χ1v) is 10.3. The molecule has 0 aliphatic carbocycles. The summed E-state index contributed by atoms with van der Waals surface area (Å²) in [6.07, 6.45) is 1.71. The molecule has 0 aliphatic heterocycles. The summed E-state index contributed by atoms with van der Waals surface area (Å²) in [5.41, 5.74) is 1.09. The first kappa shape index (κ1) is 21.8. The monoisotopic (exact) mass is 430 g/mol. The average Bonchev–Trinajstić information content (AvgIpc) is 3.09. The van der Waals surface area contributed by atoms with Crippen LogP contribution in [0.15, 0.2) is 18.3 Å². The Labute approximate surface area is 173 Å². The van der Waals surface area contributed by atoms with E-state index in [0.717, 1.165) is 24.5 Å². The van der Waals surface area contributed by atoms with E-state index in [0.29, 0.717) is 39.6 Å². The molecule has 1 aromatic heterocycles. The molecule has 2 rings (SSSR count). The van der Waals surface area contributed by atoms with Gasteiger partial charge >= 0.3 is 0 Å². The van der Waals surface area contributed by atoms with Crippen LogP contribution in [0.2, 0.25) is 9.49 Å². The second-order valence-electron chi connectivity index (χ2n) is 5.75. The van der Waals surface area contributed by atoms with E-state index in [1.54, 1.807) is 18.3 Å². The first-order valence-electron chi connectivity index (χ1n) is 8.70. The summed E-state index contributed by atoms with van der Waals surface area (Å²) >= 11 is 13.6. The molecule has 2 N–H and O–H groups in total. The number of methoxy groups -OCH3 is 1. The average molecular weight is 431 g/mol. The molecule has 0 aliphatic rings. The number of aromatic nitrogens is 1. The van der Waals surface area contributed by atoms with Crippen molar-refractivity contribution in [3.05, 3.63) is 38.3 Å². The van der Waals surface area contributed by atoms with Crippen LogP contribution in [0.4, 0.5) is 5.69 Å². The zero-order chi connectivity index (χ0) is 19.8. The Hall–Kier alpha value is -1.54. The number of hydrogen-bond acceptors (Lipinski definition) is 6. The van der Waals surface area contributed by atoms with Gasteiger partial charge in [0.05, 0.1) is 29.9 Å². The summed E-state index contributed by atoms with van der Waals surface area (Å²) in [6.45, 7) is 7.99. The number of hydrogen-bond donors (Lipinski definition) is 2. The molecule has 0 fully saturated rings. The van der Waals surface area contributed by atoms with E-state index < -0.39 is 0 Å². The minimum atomic E-state index is -0.207. The van der Waals surface area contributed by atoms with Crippen LogP contribution in [0.1, 0.15) is 29.1 Å². The minimum absolute atomic E-state index is 0.207. The number of nitrogens with zero attached hydrogens (tertiary/aromatic N) is 2. The fraction of sp³-hybridized carbons (Fsp3) is 0.444. The normalized spacial score (nSPS) is 10.9. The predicted molar refractivity (Wildman–Crippen MR) is 113 cm³/mol. The molecule has 1 amide bonds. The Bertz CT molecular complexity index is 766. The Kier molecular flexibility index (Phi) is 8.63. The van der Waals surface area contributed by atoms with Gasteiger partial charge in [-0.1, -0.05) is 37.0 Å². The van der Waals surface area contributed by atoms with Gasteiger partial charge in [0, 0.05) is 30.2 Å². The number of rotatable bonds is 10. The SMILES string of the molecule is CCN(CC)CCNC(=O)c1cc(Cl)c(NCc2cnc(Cl)s2)cc1OC. The summed E-state index contributed by atoms with van der Waals surface area (Å²) in [6, 6.07) is 3.35. The van der Waals surface area contributed by atoms with Gasteiger partial charge in [-0.25, -0.2) is 4.98 Å². The Balaban J connectivity index is 2.04. The molecule has 2 aromatic rings. The highest BCUT2D eigenvalue weighted by Crippen LogP contribution is 2.31. The highest BCUT2D eigenvalue weighted by atomic mass is 35.5. The van der Waals surface area contributed by atoms with Gasteiger partial charge in [0.15, 0.2) is 4.47 Å². The van der Waals surface area contributed by atoms with Gasteiger partial charge in [0.2, 0.25) is 0 Å². The Morgan fingerprint density at radius 3 is 2.63 bits per heavy atom. The van der Waals surface area contributed by atoms with Gasteiger partial charge in [-0.2, -0.15) is 0 Å². The van der Waals surface area contributed by atoms with Gasteiger partial charge < -0.3 is 20.3 Å². The van der Waals surface area contributed by atoms with Crippen LogP contribution in [0.25, 0.3) is 0 Å². The lowest BCUT2D eigenvalue weighted by molar-refractivity contribution is 0.0946. The number of benzene rings is 1. The van der Waals surface area contributed by atoms with E-state index in [1.165, 1.54) is 18.4 Å². The van der Waals surface area contributed by atoms with Crippen LogP contribution >= 0.6 is 34.5 Å². The lowest BCUT2D eigenvalue weighted by Gasteiger charge is -2.18. The number of thiazole rings is 1. The van der Waals surface area contributed by atoms with Crippen LogP contribution in [0.3, 0.4) is 0 Å². The zero-order valence-corrected chi connectivity index (χ0v) is 18.0. The minimum Gasteiger partial charge on any atom is -0.496 e. The van der Waals surface area contributed by atoms with E-state index in [-0.39, 0.29) is 5.91 Å². The van der Waals surface area contributed by atoms with Crippen LogP contribution < -0.4 is 15.4 Å². The maximum absolute atomic E-state index is 12.5. The lowest BCUT2D eigenvalue weighted by atomic mass is 10.1. The van der Waals surface area contributed by atoms with Gasteiger partial charge in [-0.3, -0.25) is 4.79 Å². The number of amides is 1. The van der Waals surface area contributed by atoms with Crippen LogP contribution in [0, 0.1) is 0 Å². The van der Waals surface area contributed by atoms with Gasteiger partial charge in [0.25, 0.3) is 5.91 Å². The molecule has 148 valence electrons. The largest absolute Gasteiger partial charge is 0.496 e. The van der Waals surface area contributed by atoms with Crippen LogP contribution in [-0.4, -0.2) is 49.1 Å². The van der Waals surface area contributed by atoms with Crippen molar-refractivity contribution in [1.82, 2.24) is 15.2 Å². The van der Waals surface area contributed by atoms with Crippen LogP contribution in [-0.2, 0) is 6.54 Å². The van der Waals surface area contributed by atoms with Crippen molar-refractivity contribution < 1.29 is 9.53 Å². The zero-order valence-electron chi connectivity index (χ0n) is 15.6. The Morgan fingerprint density at radius 2 is 2.04 bits per heavy atom. The number of anilines is 1. The molecule has 1 aromatic carbocycles. The summed E-state index contributed by atoms with van der Waals surface area (Å²) < 4.78 is 5.88. The van der Waals surface area contributed by atoms with E-state index in [2.05, 4.69) is 34.4 Å². The highest BCUT2D eigenvalue weighted by molar-refractivity contribution is 7.15. The molecule has 0 unspecified atom stereocenters. The second-order valence-corrected chi connectivity index (χ2v) is 7.85. The third-order valence-corrected chi connectivity index (χ3v) is 5.55. The van der Waals surface area contributed by atoms with Crippen LogP contribution in [0.5, 0.6) is 5.75 Å². The van der Waals surface area contributed by atoms with Gasteiger partial charge in [0.1, 0.15) is 5.75 Å². The van der Waals surface area contributed by atoms with E-state index in [1.807, 2.05) is 0 Å². The maximum atomic E-state index is 12.5. The quantitative estimate of drug-likeness (QED) is 0.592. The molecule has 0 saturated heterocycles. The van der Waals surface area contributed by atoms with Gasteiger partial charge in [-0.15, -0.1) is 11.3 Å². The third kappa shape index (κ3) is 6.24. The summed E-state index contributed by atoms with van der Waals surface area (Å²) in [7, 11) is 1.53. The molecule has 0 radical (unpaired) electrons. The fourth-order valence-corrected chi connectivity index (χ4v) is 3.69. The number of halogens is 2. The van der Waals surface area contributed by atoms with Gasteiger partial charge in [-0.05, 0) is 19.2 Å². The van der Waals surface area contributed by atoms with E-state index >= 15 is 0 Å². The van der Waals surface area contributed by atoms with E-state index in [4.69, 9.17) is 27.9 Å². The number of carbonyl (C=O) groups is 1. The van der Waals surface area contributed by atoms with Crippen molar-refractivity contribution in [2.45, 2.75) is 20.4 Å². The number of nitrogens with one attached hydrogen (secondary N) is 2. The third-order valence-electron chi connectivity index (χ3n) is 4.12. The number of likely N-dealkylation sites (N-methyl/N-ethyl adjacent to an activating group) is 1. The van der Waals surface area contributed by atoms with Crippen molar-refractivity contribution >= 4 is 46.1 Å². The van der Waals surface area contributed by atoms with Crippen molar-refractivity contribution in [1.29, 1.82) is 0 Å². The predicted octanol–water partition coefficient (Wildman–Crippen LogP) is 4.14. The summed E-state index contributed by atoms with van der Waals surface area (Å²) in [5, 5.41) is 6.58. The molecule has 9 heteroatoms. The molecule has 1 heterocycles. The number of ether oxygens (including phenoxy) is 1. The van der Waals surface area contributed by atoms with E-state index in [9.17, 15) is 4.79 Å². The molecule has 0 bridgehead atoms. The fourth-order valence-electron chi connectivity index (χ4n) is 2.55. The summed E-state index contributed by atoms with van der Waals surface area (Å²) in [4.78, 5) is 19.7. The first-order chi connectivity index (χ1) is 13.0. The molecule has 0 saturated carbocycles. The molecule has 0 spiro atoms. The topological polar surface area (TPSA) is 66.5 Å². The summed E-state index contributed by atoms with van der Waals surface area (Å²) in [5.74, 6) is 0.256. The van der Waals surface area contributed by atoms with Crippen molar-refractivity contribution in [2.24, 2.45) is 0 Å². The van der Waals surface area contributed by atoms with Crippen molar-refractivity contribution in [3.63, 3.8) is 0 Å². The lowest BCUT2D eigenvalue weighted by Crippen LogP contribution is -2.34. The molecule has 27 heavy (non-hydrogen) atoms. The van der Waals surface area contributed by atoms with Crippen molar-refractivity contribution in [2.75, 3.05) is 38.6 Å². The van der Waals surface area contributed by atoms with Crippen molar-refractivity contribution in [3.8, 4) is 5.75 Å². The maximum Gasteiger partial charge on any atom is 0.255 e. The highest BCUT2D eigenvalue weighted by Gasteiger charge is 2.16. The molecular weight excluding hydrogens is 407 g/mol. The Morgan fingerprint density at radius 1 is 1.30 bits per heavy atom. The second kappa shape index (κ2) is 10.7.